The first-order valence-electron chi connectivity index (χ1n) is 10.3. The Morgan fingerprint density at radius 2 is 1.70 bits per heavy atom. The summed E-state index contributed by atoms with van der Waals surface area (Å²) in [4.78, 5) is 31.1. The minimum Gasteiger partial charge on any atom is -0.495 e. The predicted molar refractivity (Wildman–Crippen MR) is 117 cm³/mol. The lowest BCUT2D eigenvalue weighted by atomic mass is 9.93. The second kappa shape index (κ2) is 8.61. The largest absolute Gasteiger partial charge is 0.495 e. The number of hydrogen-bond donors (Lipinski definition) is 0. The third-order valence-corrected chi connectivity index (χ3v) is 5.90. The van der Waals surface area contributed by atoms with Crippen molar-refractivity contribution in [3.05, 3.63) is 65.9 Å². The Kier molecular flexibility index (Phi) is 5.74. The van der Waals surface area contributed by atoms with Crippen LogP contribution in [0.15, 0.2) is 54.7 Å². The average Bonchev–Trinajstić information content (AvgIpc) is 2.79. The quantitative estimate of drug-likeness (QED) is 0.783. The third-order valence-electron chi connectivity index (χ3n) is 5.90. The molecule has 0 bridgehead atoms. The van der Waals surface area contributed by atoms with Crippen LogP contribution in [0, 0.1) is 0 Å². The zero-order valence-electron chi connectivity index (χ0n) is 17.5. The van der Waals surface area contributed by atoms with Crippen LogP contribution in [-0.4, -0.2) is 54.9 Å². The molecule has 1 fully saturated rings. The number of rotatable bonds is 4. The van der Waals surface area contributed by atoms with E-state index in [4.69, 9.17) is 4.74 Å². The Balaban J connectivity index is 1.44. The summed E-state index contributed by atoms with van der Waals surface area (Å²) in [6.45, 7) is 4.36. The van der Waals surface area contributed by atoms with E-state index < -0.39 is 0 Å². The maximum absolute atomic E-state index is 13.1. The van der Waals surface area contributed by atoms with Gasteiger partial charge in [-0.05, 0) is 29.3 Å². The molecule has 2 aliphatic heterocycles. The Hall–Kier alpha value is -3.28. The number of ether oxygens (including phenoxy) is 1. The van der Waals surface area contributed by atoms with E-state index in [1.54, 1.807) is 25.1 Å². The number of methoxy groups -OCH3 is 1. The van der Waals surface area contributed by atoms with Gasteiger partial charge in [0.2, 0.25) is 11.8 Å². The molecule has 1 unspecified atom stereocenters. The van der Waals surface area contributed by atoms with Crippen molar-refractivity contribution in [1.29, 1.82) is 0 Å². The second-order valence-corrected chi connectivity index (χ2v) is 7.63. The molecule has 30 heavy (non-hydrogen) atoms. The van der Waals surface area contributed by atoms with E-state index in [0.717, 1.165) is 35.7 Å². The van der Waals surface area contributed by atoms with Gasteiger partial charge in [-0.3, -0.25) is 9.59 Å². The van der Waals surface area contributed by atoms with Crippen molar-refractivity contribution < 1.29 is 14.3 Å². The van der Waals surface area contributed by atoms with Crippen molar-refractivity contribution in [3.63, 3.8) is 0 Å². The Labute approximate surface area is 177 Å². The summed E-state index contributed by atoms with van der Waals surface area (Å²) in [6, 6.07) is 15.7. The highest BCUT2D eigenvalue weighted by atomic mass is 16.5. The number of carbonyl (C=O) groups is 2. The van der Waals surface area contributed by atoms with Crippen LogP contribution in [0.3, 0.4) is 0 Å². The zero-order chi connectivity index (χ0) is 21.1. The molecule has 2 aromatic carbocycles. The number of nitrogens with zero attached hydrogens (tertiary/aromatic N) is 3. The fourth-order valence-electron chi connectivity index (χ4n) is 4.30. The van der Waals surface area contributed by atoms with E-state index in [1.807, 2.05) is 59.5 Å². The Morgan fingerprint density at radius 3 is 2.43 bits per heavy atom. The van der Waals surface area contributed by atoms with E-state index in [-0.39, 0.29) is 24.3 Å². The van der Waals surface area contributed by atoms with Crippen molar-refractivity contribution in [2.24, 2.45) is 0 Å². The van der Waals surface area contributed by atoms with Crippen molar-refractivity contribution in [3.8, 4) is 5.75 Å². The van der Waals surface area contributed by atoms with Crippen LogP contribution >= 0.6 is 0 Å². The van der Waals surface area contributed by atoms with E-state index in [2.05, 4.69) is 4.90 Å². The lowest BCUT2D eigenvalue weighted by Crippen LogP contribution is -2.49. The first kappa shape index (κ1) is 20.0. The topological polar surface area (TPSA) is 53.1 Å². The number of hydrogen-bond acceptors (Lipinski definition) is 4. The van der Waals surface area contributed by atoms with Gasteiger partial charge in [-0.25, -0.2) is 0 Å². The Bertz CT molecular complexity index is 964. The van der Waals surface area contributed by atoms with Gasteiger partial charge in [-0.1, -0.05) is 36.4 Å². The lowest BCUT2D eigenvalue weighted by Gasteiger charge is -2.38. The monoisotopic (exact) mass is 405 g/mol. The van der Waals surface area contributed by atoms with Gasteiger partial charge < -0.3 is 19.4 Å². The number of amides is 2. The van der Waals surface area contributed by atoms with Crippen LogP contribution in [0.5, 0.6) is 5.75 Å². The fourth-order valence-corrected chi connectivity index (χ4v) is 4.30. The van der Waals surface area contributed by atoms with Gasteiger partial charge in [0.15, 0.2) is 0 Å². The molecule has 156 valence electrons. The average molecular weight is 405 g/mol. The highest BCUT2D eigenvalue weighted by molar-refractivity contribution is 5.82. The van der Waals surface area contributed by atoms with Crippen LogP contribution in [0.25, 0.3) is 6.08 Å². The summed E-state index contributed by atoms with van der Waals surface area (Å²) in [7, 11) is 1.68. The van der Waals surface area contributed by atoms with Crippen LogP contribution in [-0.2, 0) is 9.59 Å². The highest BCUT2D eigenvalue weighted by Crippen LogP contribution is 2.34. The van der Waals surface area contributed by atoms with Crippen molar-refractivity contribution in [2.75, 3.05) is 38.2 Å². The molecule has 2 amide bonds. The van der Waals surface area contributed by atoms with E-state index >= 15 is 0 Å². The number of para-hydroxylation sites is 2. The van der Waals surface area contributed by atoms with Crippen LogP contribution < -0.4 is 9.64 Å². The second-order valence-electron chi connectivity index (χ2n) is 7.63. The zero-order valence-corrected chi connectivity index (χ0v) is 17.5. The molecule has 0 aromatic heterocycles. The Morgan fingerprint density at radius 1 is 1.00 bits per heavy atom. The molecular formula is C24H27N3O3. The van der Waals surface area contributed by atoms with Crippen molar-refractivity contribution >= 4 is 23.6 Å². The summed E-state index contributed by atoms with van der Waals surface area (Å²) in [5.41, 5.74) is 3.14. The smallest absolute Gasteiger partial charge is 0.225 e. The molecule has 0 spiro atoms. The summed E-state index contributed by atoms with van der Waals surface area (Å²) in [5, 5.41) is 0. The van der Waals surface area contributed by atoms with Crippen LogP contribution in [0.2, 0.25) is 0 Å². The number of piperazine rings is 1. The first-order chi connectivity index (χ1) is 14.6. The van der Waals surface area contributed by atoms with E-state index in [1.165, 1.54) is 0 Å². The molecule has 0 aliphatic carbocycles. The molecule has 2 aromatic rings. The van der Waals surface area contributed by atoms with Gasteiger partial charge in [-0.15, -0.1) is 0 Å². The van der Waals surface area contributed by atoms with Crippen LogP contribution in [0.4, 0.5) is 5.69 Å². The molecule has 1 saturated heterocycles. The third kappa shape index (κ3) is 3.90. The minimum atomic E-state index is -0.261. The number of carbonyl (C=O) groups excluding carboxylic acids is 2. The molecular weight excluding hydrogens is 378 g/mol. The van der Waals surface area contributed by atoms with Gasteiger partial charge in [0, 0.05) is 39.3 Å². The molecule has 0 N–H and O–H groups in total. The molecule has 0 saturated carbocycles. The lowest BCUT2D eigenvalue weighted by molar-refractivity contribution is -0.134. The van der Waals surface area contributed by atoms with Crippen molar-refractivity contribution in [1.82, 2.24) is 9.80 Å². The first-order valence-corrected chi connectivity index (χ1v) is 10.3. The van der Waals surface area contributed by atoms with Crippen molar-refractivity contribution in [2.45, 2.75) is 19.4 Å². The van der Waals surface area contributed by atoms with Gasteiger partial charge in [0.25, 0.3) is 0 Å². The van der Waals surface area contributed by atoms with Gasteiger partial charge in [-0.2, -0.15) is 0 Å². The maximum atomic E-state index is 13.1. The van der Waals surface area contributed by atoms with Gasteiger partial charge in [0.05, 0.1) is 25.3 Å². The summed E-state index contributed by atoms with van der Waals surface area (Å²) in [6.07, 6.45) is 4.02. The van der Waals surface area contributed by atoms with Gasteiger partial charge in [0.1, 0.15) is 5.75 Å². The minimum absolute atomic E-state index is 0.0560. The normalized spacial score (nSPS) is 18.2. The standard InChI is InChI=1S/C24H27N3O3/c1-18(28)27-12-11-19-7-3-4-8-20(19)22(27)17-24(29)26-15-13-25(14-16-26)21-9-5-6-10-23(21)30-2/h3-12,22H,13-17H2,1-2H3. The maximum Gasteiger partial charge on any atom is 0.225 e. The summed E-state index contributed by atoms with van der Waals surface area (Å²) in [5.74, 6) is 0.871. The molecule has 1 atom stereocenters. The van der Waals surface area contributed by atoms with Gasteiger partial charge >= 0.3 is 0 Å². The SMILES string of the molecule is COc1ccccc1N1CCN(C(=O)CC2c3ccccc3C=CN2C(C)=O)CC1. The number of fused-ring (bicyclic) bond motifs is 1. The number of benzene rings is 2. The number of anilines is 1. The molecule has 6 nitrogen and oxygen atoms in total. The van der Waals surface area contributed by atoms with E-state index in [9.17, 15) is 9.59 Å². The molecule has 2 heterocycles. The summed E-state index contributed by atoms with van der Waals surface area (Å²) >= 11 is 0. The van der Waals surface area contributed by atoms with E-state index in [0.29, 0.717) is 13.1 Å². The fraction of sp³-hybridized carbons (Fsp3) is 0.333. The predicted octanol–water partition coefficient (Wildman–Crippen LogP) is 3.31. The highest BCUT2D eigenvalue weighted by Gasteiger charge is 2.31. The molecule has 6 heteroatoms. The summed E-state index contributed by atoms with van der Waals surface area (Å²) < 4.78 is 5.47. The molecule has 2 aliphatic rings. The molecule has 0 radical (unpaired) electrons. The molecule has 4 rings (SSSR count). The van der Waals surface area contributed by atoms with Crippen LogP contribution in [0.1, 0.15) is 30.5 Å².